The van der Waals surface area contributed by atoms with Gasteiger partial charge >= 0.3 is 5.97 Å². The van der Waals surface area contributed by atoms with Crippen LogP contribution in [0.1, 0.15) is 32.6 Å². The summed E-state index contributed by atoms with van der Waals surface area (Å²) in [5.74, 6) is -0.346. The minimum absolute atomic E-state index is 0.346. The Balaban J connectivity index is 3.05. The van der Waals surface area contributed by atoms with Gasteiger partial charge in [0.05, 0.1) is 6.61 Å². The van der Waals surface area contributed by atoms with Crippen LogP contribution in [0.4, 0.5) is 0 Å². The van der Waals surface area contributed by atoms with E-state index >= 15 is 0 Å². The molecule has 6 heteroatoms. The van der Waals surface area contributed by atoms with Crippen LogP contribution in [0.15, 0.2) is 12.2 Å². The van der Waals surface area contributed by atoms with E-state index in [-0.39, 0.29) is 5.97 Å². The number of ether oxygens (including phenoxy) is 5. The van der Waals surface area contributed by atoms with Crippen molar-refractivity contribution in [3.63, 3.8) is 0 Å². The maximum Gasteiger partial charge on any atom is 0.333 e. The minimum atomic E-state index is -0.346. The zero-order chi connectivity index (χ0) is 17.2. The summed E-state index contributed by atoms with van der Waals surface area (Å²) in [5.41, 5.74) is 0.420. The largest absolute Gasteiger partial charge is 0.462 e. The third-order valence-corrected chi connectivity index (χ3v) is 2.81. The first-order chi connectivity index (χ1) is 11.2. The normalized spacial score (nSPS) is 10.7. The minimum Gasteiger partial charge on any atom is -0.462 e. The molecule has 0 fully saturated rings. The van der Waals surface area contributed by atoms with Crippen LogP contribution in [0.2, 0.25) is 0 Å². The van der Waals surface area contributed by atoms with Crippen LogP contribution in [-0.4, -0.2) is 65.9 Å². The lowest BCUT2D eigenvalue weighted by atomic mass is 10.4. The molecule has 0 unspecified atom stereocenters. The number of esters is 1. The van der Waals surface area contributed by atoms with Crippen molar-refractivity contribution in [3.8, 4) is 0 Å². The van der Waals surface area contributed by atoms with E-state index in [1.807, 2.05) is 0 Å². The Bertz CT molecular complexity index is 293. The monoisotopic (exact) mass is 332 g/mol. The zero-order valence-corrected chi connectivity index (χ0v) is 14.6. The van der Waals surface area contributed by atoms with Gasteiger partial charge in [-0.3, -0.25) is 0 Å². The van der Waals surface area contributed by atoms with Crippen molar-refractivity contribution >= 4 is 5.97 Å². The Kier molecular flexibility index (Phi) is 16.7. The highest BCUT2D eigenvalue weighted by atomic mass is 16.5. The number of methoxy groups -OCH3 is 1. The maximum absolute atomic E-state index is 11.1. The number of hydrogen-bond donors (Lipinski definition) is 0. The molecular formula is C17H32O6. The van der Waals surface area contributed by atoms with E-state index in [1.165, 1.54) is 0 Å². The summed E-state index contributed by atoms with van der Waals surface area (Å²) >= 11 is 0. The second-order valence-corrected chi connectivity index (χ2v) is 5.16. The fraction of sp³-hybridized carbons (Fsp3) is 0.824. The molecule has 0 atom stereocenters. The number of carbonyl (C=O) groups excluding carboxylic acids is 1. The molecule has 23 heavy (non-hydrogen) atoms. The van der Waals surface area contributed by atoms with Crippen molar-refractivity contribution in [3.05, 3.63) is 12.2 Å². The smallest absolute Gasteiger partial charge is 0.333 e. The summed E-state index contributed by atoms with van der Waals surface area (Å²) in [6.07, 6.45) is 3.39. The lowest BCUT2D eigenvalue weighted by molar-refractivity contribution is -0.139. The Morgan fingerprint density at radius 1 is 0.739 bits per heavy atom. The van der Waals surface area contributed by atoms with E-state index in [4.69, 9.17) is 23.7 Å². The van der Waals surface area contributed by atoms with Gasteiger partial charge in [0.15, 0.2) is 0 Å². The molecule has 0 aliphatic rings. The van der Waals surface area contributed by atoms with Gasteiger partial charge in [0, 0.05) is 65.4 Å². The van der Waals surface area contributed by atoms with Gasteiger partial charge in [0.1, 0.15) is 0 Å². The molecule has 136 valence electrons. The van der Waals surface area contributed by atoms with Crippen molar-refractivity contribution < 1.29 is 28.5 Å². The lowest BCUT2D eigenvalue weighted by Crippen LogP contribution is -2.09. The molecule has 0 saturated carbocycles. The van der Waals surface area contributed by atoms with Crippen molar-refractivity contribution in [2.24, 2.45) is 0 Å². The molecule has 0 radical (unpaired) electrons. The standard InChI is InChI=1S/C17H32O6/c1-16(2)17(18)23-15-7-14-22-13-6-12-21-11-5-10-20-9-4-8-19-3/h1,4-15H2,2-3H3. The highest BCUT2D eigenvalue weighted by Gasteiger charge is 2.01. The third kappa shape index (κ3) is 17.2. The van der Waals surface area contributed by atoms with Crippen molar-refractivity contribution in [1.29, 1.82) is 0 Å². The summed E-state index contributed by atoms with van der Waals surface area (Å²) < 4.78 is 26.2. The van der Waals surface area contributed by atoms with Gasteiger partial charge < -0.3 is 23.7 Å². The fourth-order valence-corrected chi connectivity index (χ4v) is 1.59. The second-order valence-electron chi connectivity index (χ2n) is 5.16. The summed E-state index contributed by atoms with van der Waals surface area (Å²) in [6, 6.07) is 0. The second kappa shape index (κ2) is 17.4. The van der Waals surface area contributed by atoms with Gasteiger partial charge in [-0.1, -0.05) is 6.58 Å². The van der Waals surface area contributed by atoms with Crippen LogP contribution in [0.5, 0.6) is 0 Å². The molecule has 0 aliphatic carbocycles. The lowest BCUT2D eigenvalue weighted by Gasteiger charge is -2.07. The van der Waals surface area contributed by atoms with Gasteiger partial charge in [0.25, 0.3) is 0 Å². The Hall–Kier alpha value is -0.950. The molecule has 0 bridgehead atoms. The Morgan fingerprint density at radius 3 is 1.52 bits per heavy atom. The van der Waals surface area contributed by atoms with Crippen LogP contribution in [0.3, 0.4) is 0 Å². The Morgan fingerprint density at radius 2 is 1.13 bits per heavy atom. The highest BCUT2D eigenvalue weighted by Crippen LogP contribution is 1.95. The van der Waals surface area contributed by atoms with Crippen molar-refractivity contribution in [2.75, 3.05) is 60.0 Å². The third-order valence-electron chi connectivity index (χ3n) is 2.81. The molecule has 0 heterocycles. The zero-order valence-electron chi connectivity index (χ0n) is 14.6. The van der Waals surface area contributed by atoms with E-state index < -0.39 is 0 Å². The maximum atomic E-state index is 11.1. The molecule has 0 aliphatic heterocycles. The van der Waals surface area contributed by atoms with E-state index in [0.29, 0.717) is 45.0 Å². The molecule has 0 aromatic carbocycles. The molecule has 0 aromatic rings. The first-order valence-electron chi connectivity index (χ1n) is 8.23. The summed E-state index contributed by atoms with van der Waals surface area (Å²) in [6.45, 7) is 10.4. The van der Waals surface area contributed by atoms with Gasteiger partial charge in [-0.05, 0) is 26.2 Å². The van der Waals surface area contributed by atoms with Crippen molar-refractivity contribution in [2.45, 2.75) is 32.6 Å². The molecule has 0 N–H and O–H groups in total. The van der Waals surface area contributed by atoms with Gasteiger partial charge in [-0.15, -0.1) is 0 Å². The first-order valence-corrected chi connectivity index (χ1v) is 8.23. The Labute approximate surface area is 140 Å². The quantitative estimate of drug-likeness (QED) is 0.231. The van der Waals surface area contributed by atoms with E-state index in [1.54, 1.807) is 14.0 Å². The van der Waals surface area contributed by atoms with E-state index in [0.717, 1.165) is 39.1 Å². The molecule has 0 amide bonds. The molecule has 0 rings (SSSR count). The van der Waals surface area contributed by atoms with Crippen LogP contribution in [0, 0.1) is 0 Å². The predicted octanol–water partition coefficient (Wildman–Crippen LogP) is 2.36. The van der Waals surface area contributed by atoms with E-state index in [9.17, 15) is 4.79 Å². The molecular weight excluding hydrogens is 300 g/mol. The van der Waals surface area contributed by atoms with Crippen LogP contribution < -0.4 is 0 Å². The summed E-state index contributed by atoms with van der Waals surface area (Å²) in [4.78, 5) is 11.1. The highest BCUT2D eigenvalue weighted by molar-refractivity contribution is 5.86. The average molecular weight is 332 g/mol. The number of carbonyl (C=O) groups is 1. The number of hydrogen-bond acceptors (Lipinski definition) is 6. The topological polar surface area (TPSA) is 63.2 Å². The molecule has 6 nitrogen and oxygen atoms in total. The van der Waals surface area contributed by atoms with E-state index in [2.05, 4.69) is 6.58 Å². The number of rotatable bonds is 17. The molecule has 0 aromatic heterocycles. The average Bonchev–Trinajstić information content (AvgIpc) is 2.54. The fourth-order valence-electron chi connectivity index (χ4n) is 1.59. The van der Waals surface area contributed by atoms with Crippen molar-refractivity contribution in [1.82, 2.24) is 0 Å². The first kappa shape index (κ1) is 22.1. The van der Waals surface area contributed by atoms with Gasteiger partial charge in [0.2, 0.25) is 0 Å². The van der Waals surface area contributed by atoms with Crippen LogP contribution in [-0.2, 0) is 28.5 Å². The summed E-state index contributed by atoms with van der Waals surface area (Å²) in [5, 5.41) is 0. The SMILES string of the molecule is C=C(C)C(=O)OCCCOCCCOCCCOCCCOC. The van der Waals surface area contributed by atoms with Crippen LogP contribution >= 0.6 is 0 Å². The summed E-state index contributed by atoms with van der Waals surface area (Å²) in [7, 11) is 1.69. The van der Waals surface area contributed by atoms with Gasteiger partial charge in [-0.2, -0.15) is 0 Å². The molecule has 0 saturated heterocycles. The predicted molar refractivity (Wildman–Crippen MR) is 88.6 cm³/mol. The molecule has 0 spiro atoms. The van der Waals surface area contributed by atoms with Gasteiger partial charge in [-0.25, -0.2) is 4.79 Å². The van der Waals surface area contributed by atoms with Crippen LogP contribution in [0.25, 0.3) is 0 Å².